The molecule has 102 valence electrons. The summed E-state index contributed by atoms with van der Waals surface area (Å²) in [6.07, 6.45) is 6.63. The van der Waals surface area contributed by atoms with E-state index in [2.05, 4.69) is 5.32 Å². The molecule has 0 aromatic carbocycles. The van der Waals surface area contributed by atoms with E-state index in [-0.39, 0.29) is 0 Å². The van der Waals surface area contributed by atoms with E-state index in [1.807, 2.05) is 33.8 Å². The summed E-state index contributed by atoms with van der Waals surface area (Å²) in [5.74, 6) is -0.653. The molecule has 0 atom stereocenters. The van der Waals surface area contributed by atoms with Crippen molar-refractivity contribution < 1.29 is 9.59 Å². The predicted molar refractivity (Wildman–Crippen MR) is 78.2 cm³/mol. The maximum Gasteiger partial charge on any atom is 0.248 e. The largest absolute Gasteiger partial charge is 0.394 e. The van der Waals surface area contributed by atoms with Crippen LogP contribution in [-0.2, 0) is 9.59 Å². The second-order valence-electron chi connectivity index (χ2n) is 4.03. The van der Waals surface area contributed by atoms with Gasteiger partial charge in [0.05, 0.1) is 11.1 Å². The zero-order valence-electron chi connectivity index (χ0n) is 12.2. The van der Waals surface area contributed by atoms with Crippen molar-refractivity contribution in [3.8, 4) is 0 Å². The fourth-order valence-corrected chi connectivity index (χ4v) is 1.36. The smallest absolute Gasteiger partial charge is 0.248 e. The molecule has 19 heavy (non-hydrogen) atoms. The summed E-state index contributed by atoms with van der Waals surface area (Å²) in [6, 6.07) is 0. The normalized spacial score (nSPS) is 15.8. The van der Waals surface area contributed by atoms with Gasteiger partial charge in [-0.25, -0.2) is 0 Å². The summed E-state index contributed by atoms with van der Waals surface area (Å²) in [5.41, 5.74) is 0.640. The number of hydrogen-bond acceptors (Lipinski definition) is 3. The standard InChI is InChI=1S/C12H15BN2O2.C2H6/c1-8(2)4-5-9-10(6-7-14-3)12(17)15(13)11(9)16;1-2/h4-8,14H,1-3H3;1-2H3/b5-4+,7-6-;. The van der Waals surface area contributed by atoms with Crippen molar-refractivity contribution in [1.82, 2.24) is 10.1 Å². The number of allylic oxidation sites excluding steroid dienone is 1. The number of imide groups is 1. The third-order valence-corrected chi connectivity index (χ3v) is 2.25. The summed E-state index contributed by atoms with van der Waals surface area (Å²) in [4.78, 5) is 24.0. The Bertz CT molecular complexity index is 423. The lowest BCUT2D eigenvalue weighted by Gasteiger charge is -2.05. The van der Waals surface area contributed by atoms with Crippen LogP contribution in [0.15, 0.2) is 35.6 Å². The Kier molecular flexibility index (Phi) is 7.57. The lowest BCUT2D eigenvalue weighted by Crippen LogP contribution is -2.28. The van der Waals surface area contributed by atoms with Crippen LogP contribution < -0.4 is 5.32 Å². The van der Waals surface area contributed by atoms with Crippen LogP contribution in [0.2, 0.25) is 0 Å². The molecule has 4 nitrogen and oxygen atoms in total. The molecule has 1 aliphatic rings. The van der Waals surface area contributed by atoms with Gasteiger partial charge in [-0.05, 0) is 18.2 Å². The Hall–Kier alpha value is -1.78. The molecule has 0 saturated carbocycles. The first-order chi connectivity index (χ1) is 8.99. The topological polar surface area (TPSA) is 49.4 Å². The van der Waals surface area contributed by atoms with E-state index in [1.54, 1.807) is 25.4 Å². The lowest BCUT2D eigenvalue weighted by molar-refractivity contribution is -0.131. The van der Waals surface area contributed by atoms with Crippen molar-refractivity contribution in [1.29, 1.82) is 0 Å². The number of rotatable bonds is 4. The fraction of sp³-hybridized carbons (Fsp3) is 0.429. The molecule has 1 N–H and O–H groups in total. The van der Waals surface area contributed by atoms with Crippen LogP contribution in [0.25, 0.3) is 0 Å². The summed E-state index contributed by atoms with van der Waals surface area (Å²) in [6.45, 7) is 7.98. The van der Waals surface area contributed by atoms with Gasteiger partial charge in [-0.3, -0.25) is 9.59 Å². The Labute approximate surface area is 116 Å². The SMILES string of the molecule is CC.[B]N1C(=O)C(/C=C\NC)=C(/C=C/C(C)C)C1=O. The first-order valence-corrected chi connectivity index (χ1v) is 6.38. The minimum Gasteiger partial charge on any atom is -0.394 e. The van der Waals surface area contributed by atoms with E-state index in [1.165, 1.54) is 0 Å². The first-order valence-electron chi connectivity index (χ1n) is 6.38. The van der Waals surface area contributed by atoms with Crippen molar-refractivity contribution in [3.05, 3.63) is 35.6 Å². The Morgan fingerprint density at radius 3 is 2.00 bits per heavy atom. The fourth-order valence-electron chi connectivity index (χ4n) is 1.36. The van der Waals surface area contributed by atoms with Crippen LogP contribution in [0.3, 0.4) is 0 Å². The number of carbonyl (C=O) groups is 2. The molecule has 0 aromatic rings. The van der Waals surface area contributed by atoms with E-state index < -0.39 is 11.8 Å². The highest BCUT2D eigenvalue weighted by molar-refractivity contribution is 6.36. The van der Waals surface area contributed by atoms with Gasteiger partial charge in [0, 0.05) is 7.05 Å². The van der Waals surface area contributed by atoms with Gasteiger partial charge in [0.15, 0.2) is 0 Å². The second kappa shape index (κ2) is 8.35. The van der Waals surface area contributed by atoms with Gasteiger partial charge in [0.1, 0.15) is 0 Å². The highest BCUT2D eigenvalue weighted by Gasteiger charge is 2.31. The third-order valence-electron chi connectivity index (χ3n) is 2.25. The van der Waals surface area contributed by atoms with Crippen molar-refractivity contribution >= 4 is 19.8 Å². The van der Waals surface area contributed by atoms with E-state index >= 15 is 0 Å². The highest BCUT2D eigenvalue weighted by Crippen LogP contribution is 2.21. The van der Waals surface area contributed by atoms with Gasteiger partial charge in [-0.15, -0.1) is 0 Å². The molecule has 5 heteroatoms. The molecule has 1 aliphatic heterocycles. The Balaban J connectivity index is 0.00000154. The minimum absolute atomic E-state index is 0.298. The zero-order valence-corrected chi connectivity index (χ0v) is 12.2. The van der Waals surface area contributed by atoms with Gasteiger partial charge < -0.3 is 10.1 Å². The van der Waals surface area contributed by atoms with Crippen LogP contribution in [0.5, 0.6) is 0 Å². The lowest BCUT2D eigenvalue weighted by atomic mass is 10.1. The van der Waals surface area contributed by atoms with Crippen molar-refractivity contribution in [2.45, 2.75) is 27.7 Å². The molecule has 2 amide bonds. The molecular formula is C14H21BN2O2. The second-order valence-corrected chi connectivity index (χ2v) is 4.03. The van der Waals surface area contributed by atoms with Crippen molar-refractivity contribution in [2.24, 2.45) is 5.92 Å². The van der Waals surface area contributed by atoms with Crippen LogP contribution in [0.4, 0.5) is 0 Å². The maximum absolute atomic E-state index is 11.7. The van der Waals surface area contributed by atoms with Gasteiger partial charge in [-0.1, -0.05) is 39.8 Å². The summed E-state index contributed by atoms with van der Waals surface area (Å²) < 4.78 is 0. The van der Waals surface area contributed by atoms with E-state index in [4.69, 9.17) is 7.98 Å². The molecule has 0 unspecified atom stereocenters. The predicted octanol–water partition coefficient (Wildman–Crippen LogP) is 1.71. The van der Waals surface area contributed by atoms with E-state index in [0.717, 1.165) is 0 Å². The van der Waals surface area contributed by atoms with Crippen LogP contribution >= 0.6 is 0 Å². The zero-order chi connectivity index (χ0) is 15.0. The molecule has 1 heterocycles. The van der Waals surface area contributed by atoms with Gasteiger partial charge in [-0.2, -0.15) is 0 Å². The van der Waals surface area contributed by atoms with Crippen molar-refractivity contribution in [3.63, 3.8) is 0 Å². The molecule has 0 aliphatic carbocycles. The molecule has 1 rings (SSSR count). The summed E-state index contributed by atoms with van der Waals surface area (Å²) >= 11 is 0. The number of nitrogens with zero attached hydrogens (tertiary/aromatic N) is 1. The molecule has 0 fully saturated rings. The number of nitrogens with one attached hydrogen (secondary N) is 1. The number of hydrogen-bond donors (Lipinski definition) is 1. The quantitative estimate of drug-likeness (QED) is 0.618. The molecule has 0 spiro atoms. The van der Waals surface area contributed by atoms with Gasteiger partial charge in [0.25, 0.3) is 0 Å². The first kappa shape index (κ1) is 17.2. The Morgan fingerprint density at radius 1 is 1.11 bits per heavy atom. The highest BCUT2D eigenvalue weighted by atomic mass is 16.2. The molecular weight excluding hydrogens is 239 g/mol. The maximum atomic E-state index is 11.7. The monoisotopic (exact) mass is 260 g/mol. The summed E-state index contributed by atoms with van der Waals surface area (Å²) in [7, 11) is 7.10. The summed E-state index contributed by atoms with van der Waals surface area (Å²) in [5, 5.41) is 2.77. The average Bonchev–Trinajstić information content (AvgIpc) is 2.60. The molecule has 0 saturated heterocycles. The van der Waals surface area contributed by atoms with Crippen LogP contribution in [0, 0.1) is 5.92 Å². The van der Waals surface area contributed by atoms with Crippen LogP contribution in [0.1, 0.15) is 27.7 Å². The molecule has 2 radical (unpaired) electrons. The van der Waals surface area contributed by atoms with Gasteiger partial charge in [0.2, 0.25) is 19.8 Å². The minimum atomic E-state index is -0.482. The number of amides is 2. The van der Waals surface area contributed by atoms with E-state index in [9.17, 15) is 9.59 Å². The van der Waals surface area contributed by atoms with Crippen LogP contribution in [-0.4, -0.2) is 31.7 Å². The molecule has 0 aromatic heterocycles. The average molecular weight is 260 g/mol. The van der Waals surface area contributed by atoms with E-state index in [0.29, 0.717) is 21.9 Å². The van der Waals surface area contributed by atoms with Crippen molar-refractivity contribution in [2.75, 3.05) is 7.05 Å². The third kappa shape index (κ3) is 4.43. The Morgan fingerprint density at radius 2 is 1.58 bits per heavy atom. The van der Waals surface area contributed by atoms with Gasteiger partial charge >= 0.3 is 0 Å². The number of carbonyl (C=O) groups excluding carboxylic acids is 2. The molecule has 0 bridgehead atoms.